The van der Waals surface area contributed by atoms with Crippen molar-refractivity contribution in [2.45, 2.75) is 42.8 Å². The molecule has 1 aliphatic rings. The van der Waals surface area contributed by atoms with E-state index >= 15 is 0 Å². The number of halogens is 2. The molecule has 3 rings (SSSR count). The molecular formula is C15H16F2N4O3S. The first-order valence-corrected chi connectivity index (χ1v) is 8.51. The van der Waals surface area contributed by atoms with Crippen LogP contribution in [0.1, 0.15) is 25.8 Å². The van der Waals surface area contributed by atoms with Gasteiger partial charge in [0, 0.05) is 11.7 Å². The molecular weight excluding hydrogens is 354 g/mol. The second kappa shape index (κ2) is 7.26. The summed E-state index contributed by atoms with van der Waals surface area (Å²) in [5, 5.41) is 9.04. The number of amides is 1. The summed E-state index contributed by atoms with van der Waals surface area (Å²) in [5.74, 6) is -0.272. The highest BCUT2D eigenvalue weighted by molar-refractivity contribution is 8.00. The second-order valence-electron chi connectivity index (χ2n) is 5.56. The molecule has 0 aliphatic heterocycles. The fourth-order valence-electron chi connectivity index (χ4n) is 2.20. The minimum Gasteiger partial charge on any atom is -0.435 e. The lowest BCUT2D eigenvalue weighted by atomic mass is 10.3. The lowest BCUT2D eigenvalue weighted by Crippen LogP contribution is -2.23. The van der Waals surface area contributed by atoms with Gasteiger partial charge in [0.1, 0.15) is 5.75 Å². The minimum atomic E-state index is -2.89. The number of nitrogens with zero attached hydrogens (tertiary/aromatic N) is 2. The number of aromatic nitrogens is 3. The molecule has 1 aromatic heterocycles. The number of ether oxygens (including phenoxy) is 1. The van der Waals surface area contributed by atoms with Gasteiger partial charge in [0.05, 0.1) is 5.25 Å². The van der Waals surface area contributed by atoms with Gasteiger partial charge in [-0.05, 0) is 44.0 Å². The van der Waals surface area contributed by atoms with E-state index in [-0.39, 0.29) is 23.4 Å². The summed E-state index contributed by atoms with van der Waals surface area (Å²) >= 11 is 1.18. The van der Waals surface area contributed by atoms with Gasteiger partial charge in [0.25, 0.3) is 0 Å². The van der Waals surface area contributed by atoms with E-state index in [4.69, 9.17) is 0 Å². The van der Waals surface area contributed by atoms with E-state index in [1.165, 1.54) is 36.0 Å². The standard InChI is InChI=1S/C15H16F2N4O3S/c1-8(25-15-20-19-14(23)21(15)10-4-5-10)12(22)18-9-2-6-11(7-3-9)24-13(16)17/h2-3,6-8,10,13H,4-5H2,1H3,(H,18,22)(H,19,23)/t8-/m0/s1. The Balaban J connectivity index is 1.60. The van der Waals surface area contributed by atoms with Gasteiger partial charge in [-0.15, -0.1) is 5.10 Å². The average molecular weight is 370 g/mol. The fraction of sp³-hybridized carbons (Fsp3) is 0.400. The van der Waals surface area contributed by atoms with Crippen molar-refractivity contribution in [2.24, 2.45) is 0 Å². The molecule has 134 valence electrons. The molecule has 0 spiro atoms. The van der Waals surface area contributed by atoms with E-state index in [1.807, 2.05) is 0 Å². The number of benzene rings is 1. The van der Waals surface area contributed by atoms with Crippen LogP contribution in [0.15, 0.2) is 34.2 Å². The first-order chi connectivity index (χ1) is 11.9. The molecule has 10 heteroatoms. The van der Waals surface area contributed by atoms with Gasteiger partial charge >= 0.3 is 12.3 Å². The Morgan fingerprint density at radius 3 is 2.68 bits per heavy atom. The fourth-order valence-corrected chi connectivity index (χ4v) is 3.13. The summed E-state index contributed by atoms with van der Waals surface area (Å²) in [4.78, 5) is 24.0. The van der Waals surface area contributed by atoms with Crippen LogP contribution in [0.2, 0.25) is 0 Å². The molecule has 1 aliphatic carbocycles. The molecule has 25 heavy (non-hydrogen) atoms. The Hall–Kier alpha value is -2.36. The molecule has 2 N–H and O–H groups in total. The summed E-state index contributed by atoms with van der Waals surface area (Å²) in [6, 6.07) is 5.80. The largest absolute Gasteiger partial charge is 0.435 e. The Kier molecular flexibility index (Phi) is 5.07. The van der Waals surface area contributed by atoms with Crippen LogP contribution in [0, 0.1) is 0 Å². The highest BCUT2D eigenvalue weighted by Gasteiger charge is 2.30. The van der Waals surface area contributed by atoms with Crippen molar-refractivity contribution in [2.75, 3.05) is 5.32 Å². The molecule has 1 amide bonds. The van der Waals surface area contributed by atoms with E-state index in [2.05, 4.69) is 20.3 Å². The lowest BCUT2D eigenvalue weighted by Gasteiger charge is -2.12. The van der Waals surface area contributed by atoms with E-state index in [0.717, 1.165) is 12.8 Å². The quantitative estimate of drug-likeness (QED) is 0.732. The van der Waals surface area contributed by atoms with Crippen LogP contribution in [0.25, 0.3) is 0 Å². The predicted octanol–water partition coefficient (Wildman–Crippen LogP) is 2.63. The maximum Gasteiger partial charge on any atom is 0.387 e. The van der Waals surface area contributed by atoms with Crippen molar-refractivity contribution in [3.63, 3.8) is 0 Å². The van der Waals surface area contributed by atoms with Gasteiger partial charge in [-0.1, -0.05) is 11.8 Å². The summed E-state index contributed by atoms with van der Waals surface area (Å²) in [6.07, 6.45) is 1.86. The van der Waals surface area contributed by atoms with Crippen LogP contribution >= 0.6 is 11.8 Å². The van der Waals surface area contributed by atoms with E-state index in [1.54, 1.807) is 11.5 Å². The summed E-state index contributed by atoms with van der Waals surface area (Å²) < 4.78 is 30.0. The van der Waals surface area contributed by atoms with E-state index < -0.39 is 11.9 Å². The Labute approximate surface area is 145 Å². The summed E-state index contributed by atoms with van der Waals surface area (Å²) in [5.41, 5.74) is 0.188. The molecule has 0 bridgehead atoms. The first kappa shape index (κ1) is 17.5. The average Bonchev–Trinajstić information content (AvgIpc) is 3.33. The molecule has 0 unspecified atom stereocenters. The predicted molar refractivity (Wildman–Crippen MR) is 88.1 cm³/mol. The minimum absolute atomic E-state index is 0.0143. The highest BCUT2D eigenvalue weighted by atomic mass is 32.2. The third-order valence-corrected chi connectivity index (χ3v) is 4.65. The first-order valence-electron chi connectivity index (χ1n) is 7.63. The zero-order chi connectivity index (χ0) is 18.0. The summed E-state index contributed by atoms with van der Waals surface area (Å²) in [7, 11) is 0. The van der Waals surface area contributed by atoms with Crippen molar-refractivity contribution < 1.29 is 18.3 Å². The third-order valence-electron chi connectivity index (χ3n) is 3.58. The number of nitrogens with one attached hydrogen (secondary N) is 2. The molecule has 1 saturated carbocycles. The van der Waals surface area contributed by atoms with E-state index in [9.17, 15) is 18.4 Å². The number of hydrogen-bond acceptors (Lipinski definition) is 5. The Morgan fingerprint density at radius 2 is 2.08 bits per heavy atom. The van der Waals surface area contributed by atoms with Crippen LogP contribution in [0.4, 0.5) is 14.5 Å². The molecule has 1 aromatic carbocycles. The van der Waals surface area contributed by atoms with Crippen molar-refractivity contribution >= 4 is 23.4 Å². The van der Waals surface area contributed by atoms with Gasteiger partial charge in [0.15, 0.2) is 5.16 Å². The number of aromatic amines is 1. The maximum atomic E-state index is 12.3. The Morgan fingerprint density at radius 1 is 1.40 bits per heavy atom. The van der Waals surface area contributed by atoms with Crippen LogP contribution in [-0.4, -0.2) is 32.5 Å². The monoisotopic (exact) mass is 370 g/mol. The molecule has 0 radical (unpaired) electrons. The zero-order valence-corrected chi connectivity index (χ0v) is 14.1. The number of rotatable bonds is 7. The van der Waals surface area contributed by atoms with Crippen molar-refractivity contribution in [3.05, 3.63) is 34.7 Å². The summed E-state index contributed by atoms with van der Waals surface area (Å²) in [6.45, 7) is -1.19. The van der Waals surface area contributed by atoms with Crippen LogP contribution in [-0.2, 0) is 4.79 Å². The van der Waals surface area contributed by atoms with Gasteiger partial charge in [-0.2, -0.15) is 8.78 Å². The number of carbonyl (C=O) groups is 1. The SMILES string of the molecule is C[C@H](Sc1n[nH]c(=O)n1C1CC1)C(=O)Nc1ccc(OC(F)F)cc1. The number of thioether (sulfide) groups is 1. The lowest BCUT2D eigenvalue weighted by molar-refractivity contribution is -0.115. The maximum absolute atomic E-state index is 12.3. The topological polar surface area (TPSA) is 89.0 Å². The van der Waals surface area contributed by atoms with Gasteiger partial charge in [-0.25, -0.2) is 9.89 Å². The van der Waals surface area contributed by atoms with Crippen molar-refractivity contribution in [1.29, 1.82) is 0 Å². The van der Waals surface area contributed by atoms with Crippen LogP contribution < -0.4 is 15.7 Å². The number of hydrogen-bond donors (Lipinski definition) is 2. The van der Waals surface area contributed by atoms with Crippen molar-refractivity contribution in [3.8, 4) is 5.75 Å². The molecule has 1 heterocycles. The number of carbonyl (C=O) groups excluding carboxylic acids is 1. The third kappa shape index (κ3) is 4.38. The molecule has 7 nitrogen and oxygen atoms in total. The normalized spacial score (nSPS) is 15.2. The van der Waals surface area contributed by atoms with Gasteiger partial charge in [0.2, 0.25) is 5.91 Å². The van der Waals surface area contributed by atoms with Crippen molar-refractivity contribution in [1.82, 2.24) is 14.8 Å². The highest BCUT2D eigenvalue weighted by Crippen LogP contribution is 2.36. The van der Waals surface area contributed by atoms with E-state index in [0.29, 0.717) is 10.8 Å². The van der Waals surface area contributed by atoms with Crippen LogP contribution in [0.3, 0.4) is 0 Å². The molecule has 2 aromatic rings. The van der Waals surface area contributed by atoms with Crippen LogP contribution in [0.5, 0.6) is 5.75 Å². The molecule has 0 saturated heterocycles. The second-order valence-corrected chi connectivity index (χ2v) is 6.87. The smallest absolute Gasteiger partial charge is 0.387 e. The molecule has 1 fully saturated rings. The number of anilines is 1. The van der Waals surface area contributed by atoms with Gasteiger partial charge in [-0.3, -0.25) is 9.36 Å². The molecule has 1 atom stereocenters. The van der Waals surface area contributed by atoms with Gasteiger partial charge < -0.3 is 10.1 Å². The zero-order valence-electron chi connectivity index (χ0n) is 13.2. The Bertz CT molecular complexity index is 802. The number of H-pyrrole nitrogens is 1. The number of alkyl halides is 2.